The van der Waals surface area contributed by atoms with Crippen molar-refractivity contribution in [2.24, 2.45) is 0 Å². The molecule has 3 fully saturated rings. The Balaban J connectivity index is 1.21. The average Bonchev–Trinajstić information content (AvgIpc) is 3.12. The third-order valence-corrected chi connectivity index (χ3v) is 7.54. The molecule has 3 saturated heterocycles. The third-order valence-electron chi connectivity index (χ3n) is 7.54. The van der Waals surface area contributed by atoms with Crippen molar-refractivity contribution in [2.45, 2.75) is 69.9 Å². The maximum Gasteiger partial charge on any atom is 0.289 e. The molecular weight excluding hydrogens is 428 g/mol. The van der Waals surface area contributed by atoms with Crippen molar-refractivity contribution in [3.63, 3.8) is 0 Å². The maximum absolute atomic E-state index is 12.8. The van der Waals surface area contributed by atoms with Crippen molar-refractivity contribution in [1.82, 2.24) is 19.8 Å². The first-order valence-corrected chi connectivity index (χ1v) is 13.2. The van der Waals surface area contributed by atoms with E-state index in [9.17, 15) is 4.79 Å². The molecule has 0 aliphatic carbocycles. The molecule has 3 aliphatic rings. The van der Waals surface area contributed by atoms with E-state index in [0.29, 0.717) is 17.8 Å². The van der Waals surface area contributed by atoms with Gasteiger partial charge in [0.15, 0.2) is 5.76 Å². The van der Waals surface area contributed by atoms with Crippen LogP contribution in [0.1, 0.15) is 68.3 Å². The van der Waals surface area contributed by atoms with Gasteiger partial charge >= 0.3 is 0 Å². The minimum atomic E-state index is 0.0120. The fourth-order valence-electron chi connectivity index (χ4n) is 5.69. The third kappa shape index (κ3) is 5.71. The van der Waals surface area contributed by atoms with Gasteiger partial charge in [0.1, 0.15) is 5.82 Å². The van der Waals surface area contributed by atoms with Crippen LogP contribution in [0.25, 0.3) is 0 Å². The lowest BCUT2D eigenvalue weighted by Gasteiger charge is -2.39. The quantitative estimate of drug-likeness (QED) is 0.713. The van der Waals surface area contributed by atoms with E-state index in [1.165, 1.54) is 38.5 Å². The average molecular weight is 467 g/mol. The van der Waals surface area contributed by atoms with E-state index in [1.54, 1.807) is 18.4 Å². The van der Waals surface area contributed by atoms with Crippen LogP contribution in [-0.2, 0) is 0 Å². The molecule has 0 radical (unpaired) electrons. The van der Waals surface area contributed by atoms with Crippen LogP contribution in [-0.4, -0.2) is 77.0 Å². The van der Waals surface area contributed by atoms with E-state index in [-0.39, 0.29) is 5.91 Å². The molecule has 1 N–H and O–H groups in total. The Bertz CT molecular complexity index is 912. The molecule has 5 rings (SSSR count). The van der Waals surface area contributed by atoms with Crippen molar-refractivity contribution in [3.8, 4) is 0 Å². The van der Waals surface area contributed by atoms with Crippen LogP contribution < -0.4 is 10.2 Å². The summed E-state index contributed by atoms with van der Waals surface area (Å²) < 4.78 is 5.36. The Morgan fingerprint density at radius 3 is 2.62 bits per heavy atom. The number of piperidine rings is 1. The zero-order chi connectivity index (χ0) is 23.2. The molecule has 2 aromatic heterocycles. The Labute approximate surface area is 202 Å². The molecule has 2 aromatic rings. The molecule has 184 valence electrons. The number of rotatable bonds is 5. The highest BCUT2D eigenvalue weighted by molar-refractivity contribution is 5.91. The molecule has 0 saturated carbocycles. The van der Waals surface area contributed by atoms with Crippen molar-refractivity contribution >= 4 is 17.7 Å². The van der Waals surface area contributed by atoms with Gasteiger partial charge in [0, 0.05) is 51.0 Å². The number of amides is 1. The summed E-state index contributed by atoms with van der Waals surface area (Å²) in [6.45, 7) is 5.80. The van der Waals surface area contributed by atoms with Gasteiger partial charge in [0.25, 0.3) is 5.91 Å². The molecule has 0 spiro atoms. The van der Waals surface area contributed by atoms with Crippen LogP contribution in [0.2, 0.25) is 0 Å². The first-order chi connectivity index (χ1) is 16.8. The Morgan fingerprint density at radius 1 is 0.941 bits per heavy atom. The summed E-state index contributed by atoms with van der Waals surface area (Å²) in [4.78, 5) is 29.2. The topological polar surface area (TPSA) is 77.7 Å². The molecule has 8 nitrogen and oxygen atoms in total. The number of likely N-dealkylation sites (tertiary alicyclic amines) is 2. The molecule has 34 heavy (non-hydrogen) atoms. The van der Waals surface area contributed by atoms with Crippen LogP contribution in [0.4, 0.5) is 11.8 Å². The number of hydrogen-bond donors (Lipinski definition) is 1. The lowest BCUT2D eigenvalue weighted by atomic mass is 10.0. The van der Waals surface area contributed by atoms with Crippen LogP contribution in [0.5, 0.6) is 0 Å². The van der Waals surface area contributed by atoms with Gasteiger partial charge in [-0.3, -0.25) is 9.69 Å². The monoisotopic (exact) mass is 466 g/mol. The van der Waals surface area contributed by atoms with E-state index in [1.807, 2.05) is 17.2 Å². The summed E-state index contributed by atoms with van der Waals surface area (Å²) in [5.41, 5.74) is 0. The number of hydrogen-bond acceptors (Lipinski definition) is 7. The predicted molar refractivity (Wildman–Crippen MR) is 133 cm³/mol. The van der Waals surface area contributed by atoms with E-state index in [0.717, 1.165) is 70.3 Å². The minimum absolute atomic E-state index is 0.0120. The van der Waals surface area contributed by atoms with E-state index < -0.39 is 0 Å². The molecule has 8 heteroatoms. The highest BCUT2D eigenvalue weighted by Gasteiger charge is 2.31. The highest BCUT2D eigenvalue weighted by Crippen LogP contribution is 2.24. The maximum atomic E-state index is 12.8. The summed E-state index contributed by atoms with van der Waals surface area (Å²) in [6.07, 6.45) is 14.3. The Hall–Kier alpha value is -2.61. The minimum Gasteiger partial charge on any atom is -0.459 e. The normalized spacial score (nSPS) is 24.9. The second-order valence-corrected chi connectivity index (χ2v) is 10.00. The summed E-state index contributed by atoms with van der Waals surface area (Å²) in [5.74, 6) is 2.24. The first kappa shape index (κ1) is 23.1. The fraction of sp³-hybridized carbons (Fsp3) is 0.654. The standard InChI is InChI=1S/C26H38N6O2/c33-25(23-11-8-18-34-23)32-17-7-10-22(20-32)31-16-6-3-9-21(19-31)28-26-27-13-12-24(29-26)30-14-4-1-2-5-15-30/h8,11-13,18,21-22H,1-7,9-10,14-17,19-20H2,(H,27,28,29). The first-order valence-electron chi connectivity index (χ1n) is 13.2. The smallest absolute Gasteiger partial charge is 0.289 e. The van der Waals surface area contributed by atoms with Gasteiger partial charge in [0.2, 0.25) is 5.95 Å². The van der Waals surface area contributed by atoms with Crippen LogP contribution in [0.3, 0.4) is 0 Å². The van der Waals surface area contributed by atoms with Gasteiger partial charge < -0.3 is 19.5 Å². The van der Waals surface area contributed by atoms with Crippen LogP contribution in [0.15, 0.2) is 35.1 Å². The highest BCUT2D eigenvalue weighted by atomic mass is 16.3. The van der Waals surface area contributed by atoms with Crippen molar-refractivity contribution in [1.29, 1.82) is 0 Å². The van der Waals surface area contributed by atoms with E-state index in [2.05, 4.69) is 20.1 Å². The number of aromatic nitrogens is 2. The van der Waals surface area contributed by atoms with E-state index in [4.69, 9.17) is 9.40 Å². The van der Waals surface area contributed by atoms with Crippen LogP contribution in [0, 0.1) is 0 Å². The van der Waals surface area contributed by atoms with Crippen molar-refractivity contribution < 1.29 is 9.21 Å². The summed E-state index contributed by atoms with van der Waals surface area (Å²) in [6, 6.07) is 6.29. The SMILES string of the molecule is O=C(c1ccco1)N1CCCC(N2CCCCC(Nc3nccc(N4CCCCCC4)n3)C2)C1. The van der Waals surface area contributed by atoms with Crippen molar-refractivity contribution in [2.75, 3.05) is 49.5 Å². The predicted octanol–water partition coefficient (Wildman–Crippen LogP) is 4.02. The summed E-state index contributed by atoms with van der Waals surface area (Å²) in [7, 11) is 0. The molecule has 5 heterocycles. The van der Waals surface area contributed by atoms with Gasteiger partial charge in [-0.1, -0.05) is 19.3 Å². The lowest BCUT2D eigenvalue weighted by molar-refractivity contribution is 0.0547. The second-order valence-electron chi connectivity index (χ2n) is 10.00. The molecule has 0 aromatic carbocycles. The second kappa shape index (κ2) is 11.2. The molecular formula is C26H38N6O2. The summed E-state index contributed by atoms with van der Waals surface area (Å²) >= 11 is 0. The number of carbonyl (C=O) groups is 1. The van der Waals surface area contributed by atoms with Crippen molar-refractivity contribution in [3.05, 3.63) is 36.4 Å². The van der Waals surface area contributed by atoms with E-state index >= 15 is 0 Å². The van der Waals surface area contributed by atoms with Gasteiger partial charge in [0.05, 0.1) is 6.26 Å². The number of nitrogens with one attached hydrogen (secondary N) is 1. The largest absolute Gasteiger partial charge is 0.459 e. The number of carbonyl (C=O) groups excluding carboxylic acids is 1. The zero-order valence-electron chi connectivity index (χ0n) is 20.2. The molecule has 2 atom stereocenters. The number of anilines is 2. The molecule has 1 amide bonds. The number of nitrogens with zero attached hydrogens (tertiary/aromatic N) is 5. The lowest BCUT2D eigenvalue weighted by Crippen LogP contribution is -2.51. The fourth-order valence-corrected chi connectivity index (χ4v) is 5.69. The van der Waals surface area contributed by atoms with Gasteiger partial charge in [-0.05, 0) is 63.3 Å². The summed E-state index contributed by atoms with van der Waals surface area (Å²) in [5, 5.41) is 3.66. The van der Waals surface area contributed by atoms with Gasteiger partial charge in [-0.15, -0.1) is 0 Å². The van der Waals surface area contributed by atoms with Gasteiger partial charge in [-0.2, -0.15) is 4.98 Å². The Kier molecular flexibility index (Phi) is 7.63. The van der Waals surface area contributed by atoms with Gasteiger partial charge in [-0.25, -0.2) is 4.98 Å². The molecule has 3 aliphatic heterocycles. The molecule has 0 bridgehead atoms. The number of furan rings is 1. The molecule has 2 unspecified atom stereocenters. The zero-order valence-corrected chi connectivity index (χ0v) is 20.2. The Morgan fingerprint density at radius 2 is 1.79 bits per heavy atom. The van der Waals surface area contributed by atoms with Crippen LogP contribution >= 0.6 is 0 Å².